The standard InChI is InChI=1S/C14H15BrF3NO/c1-9-7-10(4-5-12(9)15)13(20)19-6-2-3-11(8-19)14(16,17)18/h4-5,7,11H,2-3,6,8H2,1H3. The van der Waals surface area contributed by atoms with Gasteiger partial charge in [0.1, 0.15) is 0 Å². The molecule has 1 amide bonds. The Labute approximate surface area is 124 Å². The van der Waals surface area contributed by atoms with E-state index in [-0.39, 0.29) is 18.9 Å². The van der Waals surface area contributed by atoms with Crippen LogP contribution >= 0.6 is 15.9 Å². The molecule has 0 aromatic heterocycles. The third kappa shape index (κ3) is 3.34. The van der Waals surface area contributed by atoms with Crippen molar-refractivity contribution in [2.24, 2.45) is 5.92 Å². The van der Waals surface area contributed by atoms with Crippen molar-refractivity contribution in [2.45, 2.75) is 25.9 Å². The van der Waals surface area contributed by atoms with E-state index in [2.05, 4.69) is 15.9 Å². The van der Waals surface area contributed by atoms with Crippen LogP contribution in [0.1, 0.15) is 28.8 Å². The van der Waals surface area contributed by atoms with Gasteiger partial charge in [-0.15, -0.1) is 0 Å². The highest BCUT2D eigenvalue weighted by Gasteiger charge is 2.42. The quantitative estimate of drug-likeness (QED) is 0.744. The van der Waals surface area contributed by atoms with Crippen molar-refractivity contribution in [2.75, 3.05) is 13.1 Å². The number of aryl methyl sites for hydroxylation is 1. The number of likely N-dealkylation sites (tertiary alicyclic amines) is 1. The van der Waals surface area contributed by atoms with Crippen LogP contribution in [0.2, 0.25) is 0 Å². The predicted octanol–water partition coefficient (Wildman–Crippen LogP) is 4.17. The minimum atomic E-state index is -4.23. The fourth-order valence-electron chi connectivity index (χ4n) is 2.39. The molecule has 1 aliphatic rings. The summed E-state index contributed by atoms with van der Waals surface area (Å²) in [5, 5.41) is 0. The van der Waals surface area contributed by atoms with Gasteiger partial charge in [0.15, 0.2) is 0 Å². The third-order valence-corrected chi connectivity index (χ3v) is 4.47. The van der Waals surface area contributed by atoms with Gasteiger partial charge in [-0.1, -0.05) is 15.9 Å². The first-order valence-corrected chi connectivity index (χ1v) is 7.20. The predicted molar refractivity (Wildman–Crippen MR) is 73.6 cm³/mol. The van der Waals surface area contributed by atoms with Gasteiger partial charge in [-0.2, -0.15) is 13.2 Å². The van der Waals surface area contributed by atoms with E-state index < -0.39 is 12.1 Å². The molecular formula is C14H15BrF3NO. The number of hydrogen-bond acceptors (Lipinski definition) is 1. The molecule has 2 nitrogen and oxygen atoms in total. The molecule has 1 aromatic rings. The number of benzene rings is 1. The molecule has 0 spiro atoms. The molecule has 1 saturated heterocycles. The van der Waals surface area contributed by atoms with E-state index in [0.29, 0.717) is 18.5 Å². The Bertz CT molecular complexity index is 516. The lowest BCUT2D eigenvalue weighted by Gasteiger charge is -2.33. The number of rotatable bonds is 1. The Balaban J connectivity index is 2.14. The van der Waals surface area contributed by atoms with E-state index in [9.17, 15) is 18.0 Å². The van der Waals surface area contributed by atoms with Gasteiger partial charge in [-0.3, -0.25) is 4.79 Å². The van der Waals surface area contributed by atoms with Crippen molar-refractivity contribution in [3.63, 3.8) is 0 Å². The summed E-state index contributed by atoms with van der Waals surface area (Å²) in [6.07, 6.45) is -3.73. The molecule has 1 atom stereocenters. The second-order valence-corrected chi connectivity index (χ2v) is 5.95. The van der Waals surface area contributed by atoms with Crippen LogP contribution in [-0.2, 0) is 0 Å². The molecule has 1 heterocycles. The number of carbonyl (C=O) groups is 1. The van der Waals surface area contributed by atoms with Crippen molar-refractivity contribution in [3.05, 3.63) is 33.8 Å². The van der Waals surface area contributed by atoms with Crippen LogP contribution in [0.15, 0.2) is 22.7 Å². The zero-order valence-corrected chi connectivity index (χ0v) is 12.6. The normalized spacial score (nSPS) is 20.1. The molecule has 0 N–H and O–H groups in total. The Morgan fingerprint density at radius 3 is 2.70 bits per heavy atom. The summed E-state index contributed by atoms with van der Waals surface area (Å²) in [5.74, 6) is -1.73. The van der Waals surface area contributed by atoms with Crippen molar-refractivity contribution < 1.29 is 18.0 Å². The maximum Gasteiger partial charge on any atom is 0.393 e. The van der Waals surface area contributed by atoms with Crippen molar-refractivity contribution in [3.8, 4) is 0 Å². The average molecular weight is 350 g/mol. The molecule has 1 unspecified atom stereocenters. The van der Waals surface area contributed by atoms with Crippen LogP contribution in [0.25, 0.3) is 0 Å². The number of halogens is 4. The minimum absolute atomic E-state index is 0.104. The Kier molecular flexibility index (Phi) is 4.42. The number of piperidine rings is 1. The SMILES string of the molecule is Cc1cc(C(=O)N2CCCC(C(F)(F)F)C2)ccc1Br. The fraction of sp³-hybridized carbons (Fsp3) is 0.500. The first-order valence-electron chi connectivity index (χ1n) is 6.41. The molecule has 2 rings (SSSR count). The second kappa shape index (κ2) is 5.76. The highest BCUT2D eigenvalue weighted by Crippen LogP contribution is 2.33. The van der Waals surface area contributed by atoms with Gasteiger partial charge in [-0.05, 0) is 43.5 Å². The molecule has 1 fully saturated rings. The number of alkyl halides is 3. The molecule has 110 valence electrons. The smallest absolute Gasteiger partial charge is 0.338 e. The summed E-state index contributed by atoms with van der Waals surface area (Å²) in [4.78, 5) is 13.6. The summed E-state index contributed by atoms with van der Waals surface area (Å²) < 4.78 is 39.1. The molecule has 0 bridgehead atoms. The summed E-state index contributed by atoms with van der Waals surface area (Å²) in [5.41, 5.74) is 1.33. The Hall–Kier alpha value is -1.04. The maximum atomic E-state index is 12.8. The fourth-order valence-corrected chi connectivity index (χ4v) is 2.64. The van der Waals surface area contributed by atoms with E-state index in [1.165, 1.54) is 4.90 Å². The van der Waals surface area contributed by atoms with Crippen molar-refractivity contribution in [1.82, 2.24) is 4.90 Å². The molecule has 6 heteroatoms. The number of hydrogen-bond donors (Lipinski definition) is 0. The molecule has 0 aliphatic carbocycles. The number of amides is 1. The molecule has 1 aromatic carbocycles. The van der Waals surface area contributed by atoms with Gasteiger partial charge in [0, 0.05) is 23.1 Å². The summed E-state index contributed by atoms with van der Waals surface area (Å²) >= 11 is 3.34. The van der Waals surface area contributed by atoms with Crippen LogP contribution in [0.3, 0.4) is 0 Å². The highest BCUT2D eigenvalue weighted by molar-refractivity contribution is 9.10. The topological polar surface area (TPSA) is 20.3 Å². The van der Waals surface area contributed by atoms with Gasteiger partial charge in [0.25, 0.3) is 5.91 Å². The van der Waals surface area contributed by atoms with Gasteiger partial charge in [-0.25, -0.2) is 0 Å². The van der Waals surface area contributed by atoms with Crippen LogP contribution in [0, 0.1) is 12.8 Å². The summed E-state index contributed by atoms with van der Waals surface area (Å²) in [6.45, 7) is 1.99. The summed E-state index contributed by atoms with van der Waals surface area (Å²) in [7, 11) is 0. The zero-order chi connectivity index (χ0) is 14.9. The van der Waals surface area contributed by atoms with E-state index >= 15 is 0 Å². The van der Waals surface area contributed by atoms with Crippen LogP contribution in [0.4, 0.5) is 13.2 Å². The van der Waals surface area contributed by atoms with E-state index in [1.54, 1.807) is 18.2 Å². The second-order valence-electron chi connectivity index (χ2n) is 5.10. The van der Waals surface area contributed by atoms with Crippen molar-refractivity contribution in [1.29, 1.82) is 0 Å². The van der Waals surface area contributed by atoms with Crippen LogP contribution < -0.4 is 0 Å². The Morgan fingerprint density at radius 1 is 1.40 bits per heavy atom. The Morgan fingerprint density at radius 2 is 2.10 bits per heavy atom. The largest absolute Gasteiger partial charge is 0.393 e. The lowest BCUT2D eigenvalue weighted by atomic mass is 9.96. The minimum Gasteiger partial charge on any atom is -0.338 e. The zero-order valence-electron chi connectivity index (χ0n) is 11.0. The first-order chi connectivity index (χ1) is 9.29. The van der Waals surface area contributed by atoms with E-state index in [0.717, 1.165) is 10.0 Å². The highest BCUT2D eigenvalue weighted by atomic mass is 79.9. The average Bonchev–Trinajstić information content (AvgIpc) is 2.40. The maximum absolute atomic E-state index is 12.8. The third-order valence-electron chi connectivity index (χ3n) is 3.58. The molecule has 0 radical (unpaired) electrons. The van der Waals surface area contributed by atoms with Gasteiger partial charge < -0.3 is 4.90 Å². The molecule has 0 saturated carbocycles. The molecular weight excluding hydrogens is 335 g/mol. The van der Waals surface area contributed by atoms with E-state index in [4.69, 9.17) is 0 Å². The van der Waals surface area contributed by atoms with Crippen LogP contribution in [0.5, 0.6) is 0 Å². The van der Waals surface area contributed by atoms with Crippen molar-refractivity contribution >= 4 is 21.8 Å². The van der Waals surface area contributed by atoms with Gasteiger partial charge in [0.2, 0.25) is 0 Å². The first kappa shape index (κ1) is 15.4. The number of nitrogens with zero attached hydrogens (tertiary/aromatic N) is 1. The molecule has 1 aliphatic heterocycles. The monoisotopic (exact) mass is 349 g/mol. The number of carbonyl (C=O) groups excluding carboxylic acids is 1. The van der Waals surface area contributed by atoms with Gasteiger partial charge in [0.05, 0.1) is 5.92 Å². The van der Waals surface area contributed by atoms with Gasteiger partial charge >= 0.3 is 6.18 Å². The molecule has 20 heavy (non-hydrogen) atoms. The van der Waals surface area contributed by atoms with Crippen LogP contribution in [-0.4, -0.2) is 30.1 Å². The van der Waals surface area contributed by atoms with E-state index in [1.807, 2.05) is 6.92 Å². The lowest BCUT2D eigenvalue weighted by molar-refractivity contribution is -0.184. The lowest BCUT2D eigenvalue weighted by Crippen LogP contribution is -2.44. The summed E-state index contributed by atoms with van der Waals surface area (Å²) in [6, 6.07) is 5.08.